The summed E-state index contributed by atoms with van der Waals surface area (Å²) in [5, 5.41) is 0. The van der Waals surface area contributed by atoms with E-state index in [1.165, 1.54) is 55.2 Å². The van der Waals surface area contributed by atoms with E-state index in [2.05, 4.69) is 32.0 Å². The maximum atomic E-state index is 13.0. The summed E-state index contributed by atoms with van der Waals surface area (Å²) in [6.07, 6.45) is 10.5. The van der Waals surface area contributed by atoms with Gasteiger partial charge in [-0.25, -0.2) is 0 Å². The second-order valence-electron chi connectivity index (χ2n) is 10.7. The molecule has 4 saturated carbocycles. The number of likely N-dealkylation sites (tertiary alicyclic amines) is 1. The molecule has 4 bridgehead atoms. The normalized spacial score (nSPS) is 36.6. The number of carbonyl (C=O) groups is 2. The van der Waals surface area contributed by atoms with Gasteiger partial charge in [-0.3, -0.25) is 14.5 Å². The van der Waals surface area contributed by atoms with Crippen molar-refractivity contribution in [3.05, 3.63) is 34.9 Å². The molecule has 1 aliphatic heterocycles. The highest BCUT2D eigenvalue weighted by molar-refractivity contribution is 6.03. The van der Waals surface area contributed by atoms with Gasteiger partial charge in [0.05, 0.1) is 5.92 Å². The van der Waals surface area contributed by atoms with Crippen LogP contribution in [0.2, 0.25) is 0 Å². The van der Waals surface area contributed by atoms with Gasteiger partial charge in [-0.15, -0.1) is 0 Å². The Bertz CT molecular complexity index is 755. The Hall–Kier alpha value is -1.64. The number of aryl methyl sites for hydroxylation is 2. The minimum atomic E-state index is -0.162. The molecule has 150 valence electrons. The third-order valence-electron chi connectivity index (χ3n) is 8.13. The van der Waals surface area contributed by atoms with Crippen LogP contribution < -0.4 is 0 Å². The molecule has 5 aliphatic rings. The van der Waals surface area contributed by atoms with Crippen LogP contribution in [0.1, 0.15) is 68.1 Å². The van der Waals surface area contributed by atoms with Crippen LogP contribution in [0.15, 0.2) is 18.2 Å². The first-order valence-corrected chi connectivity index (χ1v) is 11.3. The van der Waals surface area contributed by atoms with Gasteiger partial charge in [-0.2, -0.15) is 0 Å². The zero-order chi connectivity index (χ0) is 19.5. The third kappa shape index (κ3) is 3.31. The molecule has 3 heteroatoms. The van der Waals surface area contributed by atoms with Gasteiger partial charge in [-0.1, -0.05) is 29.3 Å². The smallest absolute Gasteiger partial charge is 0.233 e. The summed E-state index contributed by atoms with van der Waals surface area (Å²) in [6, 6.07) is 6.47. The molecule has 28 heavy (non-hydrogen) atoms. The highest BCUT2D eigenvalue weighted by atomic mass is 16.2. The molecule has 1 aromatic carbocycles. The Kier molecular flexibility index (Phi) is 4.41. The van der Waals surface area contributed by atoms with Crippen molar-refractivity contribution < 1.29 is 9.59 Å². The van der Waals surface area contributed by atoms with Gasteiger partial charge in [0.15, 0.2) is 0 Å². The summed E-state index contributed by atoms with van der Waals surface area (Å²) in [7, 11) is 0. The second-order valence-corrected chi connectivity index (χ2v) is 10.7. The Morgan fingerprint density at radius 1 is 0.929 bits per heavy atom. The van der Waals surface area contributed by atoms with Crippen molar-refractivity contribution in [1.82, 2.24) is 4.90 Å². The van der Waals surface area contributed by atoms with Crippen LogP contribution in [0.5, 0.6) is 0 Å². The van der Waals surface area contributed by atoms with E-state index in [0.717, 1.165) is 24.2 Å². The van der Waals surface area contributed by atoms with Crippen LogP contribution in [0, 0.1) is 42.9 Å². The average Bonchev–Trinajstić information content (AvgIpc) is 2.84. The zero-order valence-corrected chi connectivity index (χ0v) is 17.4. The maximum absolute atomic E-state index is 13.0. The number of rotatable bonds is 5. The molecule has 0 radical (unpaired) electrons. The van der Waals surface area contributed by atoms with Crippen molar-refractivity contribution in [2.45, 2.75) is 71.6 Å². The van der Waals surface area contributed by atoms with Gasteiger partial charge in [0.2, 0.25) is 11.8 Å². The number of benzene rings is 1. The fourth-order valence-corrected chi connectivity index (χ4v) is 7.56. The summed E-state index contributed by atoms with van der Waals surface area (Å²) in [4.78, 5) is 27.3. The fraction of sp³-hybridized carbons (Fsp3) is 0.680. The van der Waals surface area contributed by atoms with Crippen LogP contribution >= 0.6 is 0 Å². The number of hydrogen-bond donors (Lipinski definition) is 0. The maximum Gasteiger partial charge on any atom is 0.233 e. The Morgan fingerprint density at radius 2 is 1.50 bits per heavy atom. The molecule has 1 unspecified atom stereocenters. The fourth-order valence-electron chi connectivity index (χ4n) is 7.56. The molecule has 3 nitrogen and oxygen atoms in total. The first-order chi connectivity index (χ1) is 13.4. The summed E-state index contributed by atoms with van der Waals surface area (Å²) >= 11 is 0. The highest BCUT2D eigenvalue weighted by Gasteiger charge is 2.51. The molecule has 5 fully saturated rings. The molecule has 0 aromatic heterocycles. The third-order valence-corrected chi connectivity index (χ3v) is 8.13. The van der Waals surface area contributed by atoms with Gasteiger partial charge >= 0.3 is 0 Å². The van der Waals surface area contributed by atoms with E-state index in [1.807, 2.05) is 0 Å². The van der Waals surface area contributed by atoms with E-state index in [9.17, 15) is 9.59 Å². The standard InChI is InChI=1S/C25H33NO2/c1-16-5-17(2)7-18(6-16)11-22-12-23(27)26(24(22)28)4-3-25-13-19-8-20(14-25)10-21(9-19)15-25/h5-7,19-22H,3-4,8-15H2,1-2H3. The lowest BCUT2D eigenvalue weighted by atomic mass is 9.49. The molecule has 0 spiro atoms. The molecular weight excluding hydrogens is 346 g/mol. The van der Waals surface area contributed by atoms with Gasteiger partial charge in [-0.05, 0) is 93.9 Å². The van der Waals surface area contributed by atoms with Crippen molar-refractivity contribution in [2.75, 3.05) is 6.54 Å². The minimum absolute atomic E-state index is 0.0594. The van der Waals surface area contributed by atoms with Crippen LogP contribution in [0.25, 0.3) is 0 Å². The van der Waals surface area contributed by atoms with Crippen molar-refractivity contribution in [2.24, 2.45) is 29.1 Å². The molecule has 2 amide bonds. The molecule has 1 aromatic rings. The molecule has 1 saturated heterocycles. The SMILES string of the molecule is Cc1cc(C)cc(CC2CC(=O)N(CCC34CC5CC(CC(C5)C3)C4)C2=O)c1. The van der Waals surface area contributed by atoms with Gasteiger partial charge in [0.1, 0.15) is 0 Å². The summed E-state index contributed by atoms with van der Waals surface area (Å²) in [6.45, 7) is 4.85. The molecule has 1 heterocycles. The van der Waals surface area contributed by atoms with Crippen molar-refractivity contribution >= 4 is 11.8 Å². The Morgan fingerprint density at radius 3 is 2.07 bits per heavy atom. The number of imide groups is 1. The van der Waals surface area contributed by atoms with Gasteiger partial charge in [0.25, 0.3) is 0 Å². The highest BCUT2D eigenvalue weighted by Crippen LogP contribution is 2.61. The largest absolute Gasteiger partial charge is 0.282 e. The van der Waals surface area contributed by atoms with Crippen molar-refractivity contribution in [1.29, 1.82) is 0 Å². The first-order valence-electron chi connectivity index (χ1n) is 11.3. The topological polar surface area (TPSA) is 37.4 Å². The Balaban J connectivity index is 1.24. The average molecular weight is 380 g/mol. The molecule has 6 rings (SSSR count). The second kappa shape index (κ2) is 6.71. The lowest BCUT2D eigenvalue weighted by Crippen LogP contribution is -2.47. The Labute approximate surface area is 168 Å². The van der Waals surface area contributed by atoms with Crippen molar-refractivity contribution in [3.8, 4) is 0 Å². The molecule has 1 atom stereocenters. The number of hydrogen-bond acceptors (Lipinski definition) is 2. The van der Waals surface area contributed by atoms with E-state index in [1.54, 1.807) is 4.90 Å². The van der Waals surface area contributed by atoms with E-state index in [4.69, 9.17) is 0 Å². The predicted molar refractivity (Wildman–Crippen MR) is 110 cm³/mol. The molecule has 0 N–H and O–H groups in total. The monoisotopic (exact) mass is 379 g/mol. The quantitative estimate of drug-likeness (QED) is 0.687. The number of carbonyl (C=O) groups excluding carboxylic acids is 2. The first kappa shape index (κ1) is 18.4. The van der Waals surface area contributed by atoms with E-state index >= 15 is 0 Å². The van der Waals surface area contributed by atoms with Crippen LogP contribution in [-0.2, 0) is 16.0 Å². The number of nitrogens with zero attached hydrogens (tertiary/aromatic N) is 1. The lowest BCUT2D eigenvalue weighted by molar-refractivity contribution is -0.140. The van der Waals surface area contributed by atoms with Crippen LogP contribution in [-0.4, -0.2) is 23.3 Å². The number of amides is 2. The van der Waals surface area contributed by atoms with Gasteiger partial charge < -0.3 is 0 Å². The minimum Gasteiger partial charge on any atom is -0.282 e. The summed E-state index contributed by atoms with van der Waals surface area (Å²) < 4.78 is 0. The summed E-state index contributed by atoms with van der Waals surface area (Å²) in [5.74, 6) is 2.75. The van der Waals surface area contributed by atoms with Crippen LogP contribution in [0.3, 0.4) is 0 Å². The van der Waals surface area contributed by atoms with Crippen molar-refractivity contribution in [3.63, 3.8) is 0 Å². The van der Waals surface area contributed by atoms with Crippen LogP contribution in [0.4, 0.5) is 0 Å². The summed E-state index contributed by atoms with van der Waals surface area (Å²) in [5.41, 5.74) is 4.07. The molecule has 4 aliphatic carbocycles. The predicted octanol–water partition coefficient (Wildman–Crippen LogP) is 4.83. The van der Waals surface area contributed by atoms with E-state index in [-0.39, 0.29) is 17.7 Å². The zero-order valence-electron chi connectivity index (χ0n) is 17.4. The van der Waals surface area contributed by atoms with E-state index in [0.29, 0.717) is 24.8 Å². The molecular formula is C25H33NO2. The van der Waals surface area contributed by atoms with E-state index < -0.39 is 0 Å². The van der Waals surface area contributed by atoms with Gasteiger partial charge in [0, 0.05) is 13.0 Å². The lowest BCUT2D eigenvalue weighted by Gasteiger charge is -2.57.